The fourth-order valence-corrected chi connectivity index (χ4v) is 8.45. The summed E-state index contributed by atoms with van der Waals surface area (Å²) in [6.07, 6.45) is 6.04. The summed E-state index contributed by atoms with van der Waals surface area (Å²) in [4.78, 5) is 48.9. The number of fused-ring (bicyclic) bond motifs is 5. The molecule has 7 nitrogen and oxygen atoms in total. The Labute approximate surface area is 211 Å². The zero-order chi connectivity index (χ0) is 26.0. The monoisotopic (exact) mass is 506 g/mol. The number of halogens is 1. The van der Waals surface area contributed by atoms with Gasteiger partial charge in [-0.25, -0.2) is 0 Å². The predicted octanol–water partition coefficient (Wildman–Crippen LogP) is 3.70. The normalized spacial score (nSPS) is 44.0. The van der Waals surface area contributed by atoms with Crippen molar-refractivity contribution in [2.75, 3.05) is 6.61 Å². The highest BCUT2D eigenvalue weighted by atomic mass is 35.5. The van der Waals surface area contributed by atoms with Crippen LogP contribution in [0.15, 0.2) is 23.8 Å². The van der Waals surface area contributed by atoms with Crippen molar-refractivity contribution < 1.29 is 33.8 Å². The first-order valence-electron chi connectivity index (χ1n) is 12.5. The topological polar surface area (TPSA) is 107 Å². The van der Waals surface area contributed by atoms with E-state index in [2.05, 4.69) is 0 Å². The summed E-state index contributed by atoms with van der Waals surface area (Å²) in [6, 6.07) is 0. The van der Waals surface area contributed by atoms with Crippen LogP contribution in [0.2, 0.25) is 0 Å². The molecule has 3 fully saturated rings. The van der Waals surface area contributed by atoms with Crippen molar-refractivity contribution in [1.29, 1.82) is 0 Å². The van der Waals surface area contributed by atoms with Crippen molar-refractivity contribution in [3.63, 3.8) is 0 Å². The molecule has 4 aliphatic carbocycles. The lowest BCUT2D eigenvalue weighted by atomic mass is 9.45. The highest BCUT2D eigenvalue weighted by molar-refractivity contribution is 6.26. The zero-order valence-electron chi connectivity index (χ0n) is 21.1. The van der Waals surface area contributed by atoms with Crippen LogP contribution in [0.4, 0.5) is 0 Å². The summed E-state index contributed by atoms with van der Waals surface area (Å²) in [5.74, 6) is -2.34. The van der Waals surface area contributed by atoms with Crippen LogP contribution in [0.3, 0.4) is 0 Å². The summed E-state index contributed by atoms with van der Waals surface area (Å²) < 4.78 is 11.1. The van der Waals surface area contributed by atoms with Gasteiger partial charge >= 0.3 is 11.9 Å². The van der Waals surface area contributed by atoms with Crippen LogP contribution in [-0.4, -0.2) is 51.8 Å². The van der Waals surface area contributed by atoms with Gasteiger partial charge in [-0.05, 0) is 49.7 Å². The van der Waals surface area contributed by atoms with Gasteiger partial charge in [0.25, 0.3) is 0 Å². The molecule has 0 amide bonds. The number of aliphatic hydroxyl groups excluding tert-OH is 1. The highest BCUT2D eigenvalue weighted by Crippen LogP contribution is 2.72. The van der Waals surface area contributed by atoms with Gasteiger partial charge in [0, 0.05) is 30.1 Å². The van der Waals surface area contributed by atoms with Crippen LogP contribution in [0.1, 0.15) is 66.7 Å². The first-order valence-corrected chi connectivity index (χ1v) is 12.9. The van der Waals surface area contributed by atoms with Gasteiger partial charge in [0.1, 0.15) is 0 Å². The van der Waals surface area contributed by atoms with E-state index in [1.807, 2.05) is 26.8 Å². The first kappa shape index (κ1) is 26.1. The molecule has 35 heavy (non-hydrogen) atoms. The average molecular weight is 507 g/mol. The molecule has 0 aromatic carbocycles. The molecule has 192 valence electrons. The van der Waals surface area contributed by atoms with Gasteiger partial charge in [-0.3, -0.25) is 19.2 Å². The molecule has 0 aromatic rings. The Hall–Kier alpha value is -1.99. The van der Waals surface area contributed by atoms with Gasteiger partial charge in [-0.2, -0.15) is 0 Å². The van der Waals surface area contributed by atoms with Gasteiger partial charge < -0.3 is 14.6 Å². The van der Waals surface area contributed by atoms with Gasteiger partial charge in [0.15, 0.2) is 18.0 Å². The maximum Gasteiger partial charge on any atom is 0.306 e. The van der Waals surface area contributed by atoms with E-state index >= 15 is 0 Å². The number of allylic oxidation sites excluding steroid dienone is 4. The fraction of sp³-hybridized carbons (Fsp3) is 0.704. The van der Waals surface area contributed by atoms with E-state index in [4.69, 9.17) is 21.1 Å². The average Bonchev–Trinajstić information content (AvgIpc) is 3.00. The number of Topliss-reactive ketones (excluding diaryl/α,β-unsaturated/α-hetero) is 1. The number of hydrogen-bond acceptors (Lipinski definition) is 7. The Balaban J connectivity index is 1.82. The molecular weight excluding hydrogens is 472 g/mol. The van der Waals surface area contributed by atoms with E-state index in [1.54, 1.807) is 13.0 Å². The van der Waals surface area contributed by atoms with E-state index in [9.17, 15) is 24.3 Å². The minimum atomic E-state index is -1.55. The second-order valence-electron chi connectivity index (χ2n) is 11.2. The Kier molecular flexibility index (Phi) is 6.37. The maximum atomic E-state index is 13.7. The molecular formula is C27H35ClO7. The fourth-order valence-electron chi connectivity index (χ4n) is 7.92. The lowest BCUT2D eigenvalue weighted by Gasteiger charge is -2.64. The second kappa shape index (κ2) is 8.55. The third-order valence-corrected chi connectivity index (χ3v) is 10.5. The molecule has 0 spiro atoms. The molecule has 0 bridgehead atoms. The summed E-state index contributed by atoms with van der Waals surface area (Å²) in [6.45, 7) is 8.16. The van der Waals surface area contributed by atoms with Crippen LogP contribution in [-0.2, 0) is 28.7 Å². The number of carbonyl (C=O) groups is 4. The first-order chi connectivity index (χ1) is 16.3. The quantitative estimate of drug-likeness (QED) is 0.447. The molecule has 4 rings (SSSR count). The van der Waals surface area contributed by atoms with Crippen LogP contribution < -0.4 is 0 Å². The van der Waals surface area contributed by atoms with Crippen molar-refractivity contribution in [3.8, 4) is 0 Å². The van der Waals surface area contributed by atoms with Crippen molar-refractivity contribution in [3.05, 3.63) is 23.8 Å². The summed E-state index contributed by atoms with van der Waals surface area (Å²) >= 11 is 7.46. The molecule has 0 saturated heterocycles. The van der Waals surface area contributed by atoms with Crippen LogP contribution in [0.25, 0.3) is 0 Å². The van der Waals surface area contributed by atoms with E-state index in [0.29, 0.717) is 19.3 Å². The molecule has 0 aliphatic heterocycles. The number of alkyl halides is 1. The van der Waals surface area contributed by atoms with Crippen molar-refractivity contribution in [2.45, 2.75) is 83.3 Å². The Morgan fingerprint density at radius 3 is 2.54 bits per heavy atom. The smallest absolute Gasteiger partial charge is 0.306 e. The van der Waals surface area contributed by atoms with Crippen LogP contribution in [0.5, 0.6) is 0 Å². The second-order valence-corrected chi connectivity index (χ2v) is 11.8. The van der Waals surface area contributed by atoms with Crippen LogP contribution in [0, 0.1) is 28.6 Å². The summed E-state index contributed by atoms with van der Waals surface area (Å²) in [5.41, 5.74) is -2.26. The molecule has 8 heteroatoms. The Morgan fingerprint density at radius 2 is 1.91 bits per heavy atom. The Morgan fingerprint density at radius 1 is 1.23 bits per heavy atom. The highest BCUT2D eigenvalue weighted by Gasteiger charge is 2.76. The molecule has 0 heterocycles. The predicted molar refractivity (Wildman–Crippen MR) is 128 cm³/mol. The molecule has 4 aliphatic rings. The largest absolute Gasteiger partial charge is 0.458 e. The summed E-state index contributed by atoms with van der Waals surface area (Å²) in [7, 11) is 0. The summed E-state index contributed by atoms with van der Waals surface area (Å²) in [5, 5.41) is 11.7. The zero-order valence-corrected chi connectivity index (χ0v) is 21.8. The molecule has 8 atom stereocenters. The van der Waals surface area contributed by atoms with Crippen molar-refractivity contribution in [2.24, 2.45) is 28.6 Å². The lowest BCUT2D eigenvalue weighted by Crippen LogP contribution is -2.69. The lowest BCUT2D eigenvalue weighted by molar-refractivity contribution is -0.203. The molecule has 3 saturated carbocycles. The third-order valence-electron chi connectivity index (χ3n) is 9.57. The van der Waals surface area contributed by atoms with E-state index in [-0.39, 0.29) is 36.4 Å². The minimum Gasteiger partial charge on any atom is -0.458 e. The number of ketones is 2. The number of hydrogen-bond donors (Lipinski definition) is 1. The number of rotatable bonds is 5. The third kappa shape index (κ3) is 3.41. The molecule has 0 radical (unpaired) electrons. The minimum absolute atomic E-state index is 0.0811. The van der Waals surface area contributed by atoms with Crippen LogP contribution >= 0.6 is 11.6 Å². The number of aliphatic hydroxyl groups is 1. The SMILES string of the molecule is CCC(=O)O[C@]1(C(=O)COC(C)=O)[C@@H](C)CC2[C@@H]3CCC4=CC(=O)C=C[C@]4(C)[C@@]3(Cl)[C@@H](O)C[C@@]21C. The molecule has 1 unspecified atom stereocenters. The molecule has 0 aromatic heterocycles. The van der Waals surface area contributed by atoms with E-state index < -0.39 is 51.7 Å². The van der Waals surface area contributed by atoms with Gasteiger partial charge in [-0.15, -0.1) is 11.6 Å². The number of esters is 2. The standard InChI is InChI=1S/C27H35ClO7/c1-6-23(33)35-27(22(32)14-34-16(3)29)15(2)11-20-19-8-7-17-12-18(30)9-10-24(17,4)26(19,28)21(31)13-25(20,27)5/h9-10,12,15,19-21,31H,6-8,11,13-14H2,1-5H3/t15-,19-,20?,21-,24-,25-,26-,27-/m0/s1. The van der Waals surface area contributed by atoms with Crippen molar-refractivity contribution in [1.82, 2.24) is 0 Å². The van der Waals surface area contributed by atoms with Gasteiger partial charge in [0.2, 0.25) is 5.78 Å². The van der Waals surface area contributed by atoms with Crippen molar-refractivity contribution >= 4 is 35.1 Å². The van der Waals surface area contributed by atoms with E-state index in [0.717, 1.165) is 5.57 Å². The van der Waals surface area contributed by atoms with Gasteiger partial charge in [0.05, 0.1) is 11.0 Å². The molecule has 1 N–H and O–H groups in total. The van der Waals surface area contributed by atoms with Gasteiger partial charge in [-0.1, -0.05) is 39.3 Å². The maximum absolute atomic E-state index is 13.7. The number of ether oxygens (including phenoxy) is 2. The Bertz CT molecular complexity index is 1030. The number of carbonyl (C=O) groups excluding carboxylic acids is 4. The van der Waals surface area contributed by atoms with E-state index in [1.165, 1.54) is 13.0 Å².